The van der Waals surface area contributed by atoms with E-state index in [0.717, 1.165) is 33.5 Å². The lowest BCUT2D eigenvalue weighted by Crippen LogP contribution is -2.41. The van der Waals surface area contributed by atoms with Gasteiger partial charge in [0.05, 0.1) is 23.6 Å². The van der Waals surface area contributed by atoms with Gasteiger partial charge in [0, 0.05) is 29.4 Å². The summed E-state index contributed by atoms with van der Waals surface area (Å²) in [6.07, 6.45) is 5.23. The predicted molar refractivity (Wildman–Crippen MR) is 120 cm³/mol. The first-order valence-corrected chi connectivity index (χ1v) is 9.58. The van der Waals surface area contributed by atoms with E-state index in [2.05, 4.69) is 20.3 Å². The lowest BCUT2D eigenvalue weighted by molar-refractivity contribution is -0.117. The van der Waals surface area contributed by atoms with Gasteiger partial charge in [-0.15, -0.1) is 0 Å². The number of carbonyl (C=O) groups is 1. The molecule has 0 aliphatic carbocycles. The van der Waals surface area contributed by atoms with Crippen LogP contribution in [0.2, 0.25) is 0 Å². The van der Waals surface area contributed by atoms with E-state index in [-0.39, 0.29) is 11.7 Å². The van der Waals surface area contributed by atoms with Crippen LogP contribution in [0, 0.1) is 12.7 Å². The third-order valence-corrected chi connectivity index (χ3v) is 5.46. The molecular weight excluding hydrogens is 379 g/mol. The van der Waals surface area contributed by atoms with Crippen LogP contribution in [0.15, 0.2) is 55.0 Å². The van der Waals surface area contributed by atoms with Crippen molar-refractivity contribution in [1.82, 2.24) is 19.5 Å². The second-order valence-electron chi connectivity index (χ2n) is 7.82. The first-order chi connectivity index (χ1) is 14.3. The van der Waals surface area contributed by atoms with E-state index in [0.29, 0.717) is 5.82 Å². The van der Waals surface area contributed by atoms with Crippen molar-refractivity contribution in [2.24, 2.45) is 7.05 Å². The summed E-state index contributed by atoms with van der Waals surface area (Å²) in [6.45, 7) is 1.94. The van der Waals surface area contributed by atoms with Crippen LogP contribution in [0.5, 0.6) is 0 Å². The zero-order valence-electron chi connectivity index (χ0n) is 17.3. The van der Waals surface area contributed by atoms with Crippen LogP contribution >= 0.6 is 0 Å². The summed E-state index contributed by atoms with van der Waals surface area (Å²) in [6, 6.07) is 9.75. The first kappa shape index (κ1) is 19.8. The molecule has 1 N–H and O–H groups in total. The Bertz CT molecular complexity index is 1250. The second kappa shape index (κ2) is 7.40. The molecule has 0 fully saturated rings. The van der Waals surface area contributed by atoms with Gasteiger partial charge in [-0.2, -0.15) is 0 Å². The van der Waals surface area contributed by atoms with Crippen molar-refractivity contribution in [1.29, 1.82) is 0 Å². The number of rotatable bonds is 4. The molecule has 0 spiro atoms. The van der Waals surface area contributed by atoms with Crippen molar-refractivity contribution in [3.63, 3.8) is 0 Å². The Labute approximate surface area is 175 Å². The summed E-state index contributed by atoms with van der Waals surface area (Å²) in [5.74, 6) is 0.782. The number of nitrogens with zero attached hydrogens (tertiary/aromatic N) is 4. The molecule has 0 bridgehead atoms. The lowest BCUT2D eigenvalue weighted by Gasteiger charge is -2.24. The summed E-state index contributed by atoms with van der Waals surface area (Å²) < 4.78 is 15.2. The van der Waals surface area contributed by atoms with Crippen LogP contribution in [0.4, 0.5) is 10.2 Å². The van der Waals surface area contributed by atoms with Gasteiger partial charge in [-0.3, -0.25) is 9.78 Å². The Morgan fingerprint density at radius 2 is 1.80 bits per heavy atom. The van der Waals surface area contributed by atoms with Crippen molar-refractivity contribution < 1.29 is 9.18 Å². The van der Waals surface area contributed by atoms with E-state index in [9.17, 15) is 9.18 Å². The van der Waals surface area contributed by atoms with Gasteiger partial charge in [0.25, 0.3) is 0 Å². The number of benzene rings is 1. The topological polar surface area (TPSA) is 72.7 Å². The number of pyridine rings is 2. The first-order valence-electron chi connectivity index (χ1n) is 9.58. The fourth-order valence-electron chi connectivity index (χ4n) is 3.28. The molecule has 30 heavy (non-hydrogen) atoms. The second-order valence-corrected chi connectivity index (χ2v) is 7.82. The summed E-state index contributed by atoms with van der Waals surface area (Å²) in [5.41, 5.74) is 3.34. The number of fused-ring (bicyclic) bond motifs is 1. The number of halogens is 1. The number of aromatic nitrogens is 4. The van der Waals surface area contributed by atoms with Gasteiger partial charge < -0.3 is 9.88 Å². The third kappa shape index (κ3) is 3.58. The molecule has 0 aliphatic rings. The fraction of sp³-hybridized carbons (Fsp3) is 0.143. The number of hydrogen-bond acceptors (Lipinski definition) is 4. The fourth-order valence-corrected chi connectivity index (χ4v) is 3.28. The largest absolute Gasteiger partial charge is 0.331 e. The Morgan fingerprint density at radius 1 is 1.07 bits per heavy atom. The number of nitrogens with one attached hydrogen (secondary N) is 1. The van der Waals surface area contributed by atoms with Gasteiger partial charge in [-0.25, -0.2) is 14.4 Å². The van der Waals surface area contributed by atoms with Crippen LogP contribution in [0.3, 0.4) is 0 Å². The molecule has 1 aromatic carbocycles. The van der Waals surface area contributed by atoms with E-state index in [4.69, 9.17) is 0 Å². The highest BCUT2D eigenvalue weighted by Crippen LogP contribution is 2.25. The molecule has 4 rings (SSSR count). The molecule has 3 aromatic heterocycles. The molecule has 0 aliphatic heterocycles. The summed E-state index contributed by atoms with van der Waals surface area (Å²) >= 11 is 0. The molecular formula is C21H20B2FN5O. The SMILES string of the molecule is BC(B)(C(=O)Nc1cc2cc(-c3cnc(C)n3C)cnc2cn1)c1ccc(F)cc1. The molecule has 1 amide bonds. The van der Waals surface area contributed by atoms with Crippen LogP contribution in [-0.4, -0.2) is 41.1 Å². The molecule has 9 heteroatoms. The minimum atomic E-state index is -0.851. The van der Waals surface area contributed by atoms with Crippen molar-refractivity contribution >= 4 is 38.3 Å². The molecule has 6 nitrogen and oxygen atoms in total. The van der Waals surface area contributed by atoms with E-state index in [1.54, 1.807) is 46.3 Å². The Hall–Kier alpha value is -3.48. The highest BCUT2D eigenvalue weighted by molar-refractivity contribution is 6.52. The van der Waals surface area contributed by atoms with Crippen LogP contribution in [0.1, 0.15) is 11.4 Å². The number of imidazole rings is 1. The van der Waals surface area contributed by atoms with E-state index in [1.165, 1.54) is 12.1 Å². The lowest BCUT2D eigenvalue weighted by atomic mass is 9.50. The maximum absolute atomic E-state index is 13.2. The number of aryl methyl sites for hydroxylation is 1. The number of anilines is 1. The van der Waals surface area contributed by atoms with Crippen LogP contribution in [0.25, 0.3) is 22.2 Å². The molecule has 0 atom stereocenters. The molecule has 4 aromatic rings. The van der Waals surface area contributed by atoms with Crippen molar-refractivity contribution in [3.8, 4) is 11.3 Å². The summed E-state index contributed by atoms with van der Waals surface area (Å²) in [4.78, 5) is 26.1. The number of amides is 1. The zero-order chi connectivity index (χ0) is 21.5. The molecule has 3 heterocycles. The van der Waals surface area contributed by atoms with E-state index in [1.807, 2.05) is 30.8 Å². The normalized spacial score (nSPS) is 11.6. The monoisotopic (exact) mass is 399 g/mol. The Kier molecular flexibility index (Phi) is 4.89. The molecule has 148 valence electrons. The predicted octanol–water partition coefficient (Wildman–Crippen LogP) is 1.54. The van der Waals surface area contributed by atoms with Gasteiger partial charge in [-0.05, 0) is 36.8 Å². The van der Waals surface area contributed by atoms with Crippen molar-refractivity contribution in [3.05, 3.63) is 72.2 Å². The molecule has 0 saturated heterocycles. The average molecular weight is 399 g/mol. The molecule has 0 unspecified atom stereocenters. The van der Waals surface area contributed by atoms with Gasteiger partial charge in [-0.1, -0.05) is 12.1 Å². The molecule has 0 radical (unpaired) electrons. The quantitative estimate of drug-likeness (QED) is 0.529. The van der Waals surface area contributed by atoms with Crippen molar-refractivity contribution in [2.75, 3.05) is 5.32 Å². The summed E-state index contributed by atoms with van der Waals surface area (Å²) in [5, 5.41) is 2.88. The standard InChI is InChI=1S/C21H20B2FN5O/c1-12-25-11-18(29(12)2)14-7-13-8-19(27-10-17(13)26-9-14)28-20(30)21(22,23)15-3-5-16(24)6-4-15/h3-11H,22-23H2,1-2H3,(H,27,28,30). The molecule has 0 saturated carbocycles. The third-order valence-electron chi connectivity index (χ3n) is 5.46. The van der Waals surface area contributed by atoms with Crippen LogP contribution in [-0.2, 0) is 17.1 Å². The minimum Gasteiger partial charge on any atom is -0.331 e. The highest BCUT2D eigenvalue weighted by atomic mass is 19.1. The zero-order valence-corrected chi connectivity index (χ0v) is 17.3. The Morgan fingerprint density at radius 3 is 2.47 bits per heavy atom. The van der Waals surface area contributed by atoms with Gasteiger partial charge >= 0.3 is 0 Å². The van der Waals surface area contributed by atoms with Gasteiger partial charge in [0.15, 0.2) is 0 Å². The highest BCUT2D eigenvalue weighted by Gasteiger charge is 2.30. The maximum atomic E-state index is 13.2. The van der Waals surface area contributed by atoms with Crippen molar-refractivity contribution in [2.45, 2.75) is 12.1 Å². The Balaban J connectivity index is 1.63. The maximum Gasteiger partial charge on any atom is 0.220 e. The average Bonchev–Trinajstić information content (AvgIpc) is 3.06. The van der Waals surface area contributed by atoms with Crippen LogP contribution < -0.4 is 5.32 Å². The van der Waals surface area contributed by atoms with E-state index >= 15 is 0 Å². The van der Waals surface area contributed by atoms with Gasteiger partial charge in [0.1, 0.15) is 33.2 Å². The number of carbonyl (C=O) groups excluding carboxylic acids is 1. The van der Waals surface area contributed by atoms with E-state index < -0.39 is 5.21 Å². The summed E-state index contributed by atoms with van der Waals surface area (Å²) in [7, 11) is 5.54. The van der Waals surface area contributed by atoms with Gasteiger partial charge in [0.2, 0.25) is 5.91 Å². The number of hydrogen-bond donors (Lipinski definition) is 1. The minimum absolute atomic E-state index is 0.229. The smallest absolute Gasteiger partial charge is 0.220 e.